The number of thiazole rings is 1. The van der Waals surface area contributed by atoms with Crippen LogP contribution in [0.25, 0.3) is 0 Å². The first-order chi connectivity index (χ1) is 11.3. The average molecular weight is 375 g/mol. The molecule has 1 fully saturated rings. The van der Waals surface area contributed by atoms with Crippen molar-refractivity contribution < 1.29 is 13.2 Å². The Kier molecular flexibility index (Phi) is 6.59. The Hall–Kier alpha value is -1.19. The van der Waals surface area contributed by atoms with Crippen LogP contribution in [0.15, 0.2) is 6.20 Å². The van der Waals surface area contributed by atoms with Crippen molar-refractivity contribution in [2.75, 3.05) is 25.4 Å². The van der Waals surface area contributed by atoms with Crippen molar-refractivity contribution in [3.05, 3.63) is 16.1 Å². The molecule has 0 bridgehead atoms. The molecule has 136 valence electrons. The van der Waals surface area contributed by atoms with Gasteiger partial charge in [0.1, 0.15) is 0 Å². The number of carbonyl (C=O) groups excluding carboxylic acids is 1. The lowest BCUT2D eigenvalue weighted by Gasteiger charge is -2.31. The maximum absolute atomic E-state index is 12.0. The zero-order valence-corrected chi connectivity index (χ0v) is 16.0. The summed E-state index contributed by atoms with van der Waals surface area (Å²) >= 11 is 1.64. The number of nitrogens with zero attached hydrogens (tertiary/aromatic N) is 2. The third-order valence-electron chi connectivity index (χ3n) is 4.18. The van der Waals surface area contributed by atoms with Gasteiger partial charge in [-0.15, -0.1) is 11.3 Å². The van der Waals surface area contributed by atoms with Crippen LogP contribution >= 0.6 is 11.3 Å². The Morgan fingerprint density at radius 1 is 1.46 bits per heavy atom. The fourth-order valence-corrected chi connectivity index (χ4v) is 4.59. The number of rotatable bonds is 6. The van der Waals surface area contributed by atoms with Gasteiger partial charge in [-0.25, -0.2) is 22.5 Å². The molecule has 0 saturated carbocycles. The molecule has 1 aromatic heterocycles. The molecule has 2 N–H and O–H groups in total. The molecule has 7 nitrogen and oxygen atoms in total. The van der Waals surface area contributed by atoms with Crippen molar-refractivity contribution in [2.24, 2.45) is 0 Å². The van der Waals surface area contributed by atoms with Gasteiger partial charge in [-0.3, -0.25) is 0 Å². The Morgan fingerprint density at radius 2 is 2.12 bits per heavy atom. The van der Waals surface area contributed by atoms with Crippen LogP contribution in [0, 0.1) is 6.92 Å². The summed E-state index contributed by atoms with van der Waals surface area (Å²) in [5, 5.41) is 6.83. The first-order valence-corrected chi connectivity index (χ1v) is 10.7. The predicted molar refractivity (Wildman–Crippen MR) is 95.9 cm³/mol. The van der Waals surface area contributed by atoms with Crippen LogP contribution in [0.5, 0.6) is 0 Å². The van der Waals surface area contributed by atoms with E-state index in [1.807, 2.05) is 20.0 Å². The summed E-state index contributed by atoms with van der Waals surface area (Å²) in [5.74, 6) is 0.297. The number of sulfonamides is 1. The highest BCUT2D eigenvalue weighted by Gasteiger charge is 2.27. The minimum atomic E-state index is -3.12. The largest absolute Gasteiger partial charge is 0.337 e. The summed E-state index contributed by atoms with van der Waals surface area (Å²) in [6.45, 7) is 7.16. The normalized spacial score (nSPS) is 18.3. The van der Waals surface area contributed by atoms with Gasteiger partial charge in [-0.2, -0.15) is 0 Å². The second kappa shape index (κ2) is 8.26. The van der Waals surface area contributed by atoms with Crippen LogP contribution in [0.2, 0.25) is 0 Å². The van der Waals surface area contributed by atoms with Crippen molar-refractivity contribution >= 4 is 27.4 Å². The summed E-state index contributed by atoms with van der Waals surface area (Å²) < 4.78 is 25.1. The second-order valence-electron chi connectivity index (χ2n) is 6.14. The van der Waals surface area contributed by atoms with Gasteiger partial charge in [0.2, 0.25) is 10.0 Å². The van der Waals surface area contributed by atoms with Crippen molar-refractivity contribution in [3.63, 3.8) is 0 Å². The van der Waals surface area contributed by atoms with E-state index in [-0.39, 0.29) is 23.7 Å². The number of carbonyl (C=O) groups is 1. The van der Waals surface area contributed by atoms with E-state index in [2.05, 4.69) is 15.6 Å². The number of aromatic nitrogens is 1. The number of nitrogens with one attached hydrogen (secondary N) is 2. The zero-order chi connectivity index (χ0) is 17.7. The van der Waals surface area contributed by atoms with E-state index in [9.17, 15) is 13.2 Å². The average Bonchev–Trinajstić information content (AvgIpc) is 2.99. The maximum atomic E-state index is 12.0. The lowest BCUT2D eigenvalue weighted by Crippen LogP contribution is -2.49. The summed E-state index contributed by atoms with van der Waals surface area (Å²) in [6, 6.07) is -0.183. The third-order valence-corrected chi connectivity index (χ3v) is 7.20. The molecule has 9 heteroatoms. The minimum absolute atomic E-state index is 0.0192. The molecule has 2 amide bonds. The first kappa shape index (κ1) is 19.1. The van der Waals surface area contributed by atoms with Gasteiger partial charge >= 0.3 is 6.03 Å². The smallest absolute Gasteiger partial charge is 0.315 e. The molecule has 1 unspecified atom stereocenters. The van der Waals surface area contributed by atoms with E-state index in [4.69, 9.17) is 0 Å². The standard InChI is InChI=1S/C15H26N4O3S2/c1-4-24(21,22)19-7-5-13(6-8-19)18-15(20)17-9-11(2)14-16-10-12(3)23-14/h10-11,13H,4-9H2,1-3H3,(H2,17,18,20). The van der Waals surface area contributed by atoms with E-state index in [0.717, 1.165) is 9.88 Å². The van der Waals surface area contributed by atoms with Gasteiger partial charge in [0.25, 0.3) is 0 Å². The molecule has 1 atom stereocenters. The summed E-state index contributed by atoms with van der Waals surface area (Å²) in [7, 11) is -3.12. The second-order valence-corrected chi connectivity index (χ2v) is 9.66. The predicted octanol–water partition coefficient (Wildman–Crippen LogP) is 1.67. The van der Waals surface area contributed by atoms with E-state index in [1.54, 1.807) is 18.3 Å². The highest BCUT2D eigenvalue weighted by molar-refractivity contribution is 7.89. The molecule has 24 heavy (non-hydrogen) atoms. The van der Waals surface area contributed by atoms with Gasteiger partial charge < -0.3 is 10.6 Å². The molecule has 2 rings (SSSR count). The quantitative estimate of drug-likeness (QED) is 0.792. The van der Waals surface area contributed by atoms with E-state index < -0.39 is 10.0 Å². The maximum Gasteiger partial charge on any atom is 0.315 e. The zero-order valence-electron chi connectivity index (χ0n) is 14.4. The van der Waals surface area contributed by atoms with Crippen molar-refractivity contribution in [1.29, 1.82) is 0 Å². The van der Waals surface area contributed by atoms with Gasteiger partial charge in [-0.05, 0) is 26.7 Å². The molecule has 0 aliphatic carbocycles. The Morgan fingerprint density at radius 3 is 2.67 bits per heavy atom. The Labute approximate surface area is 147 Å². The van der Waals surface area contributed by atoms with Gasteiger partial charge in [-0.1, -0.05) is 6.92 Å². The summed E-state index contributed by atoms with van der Waals surface area (Å²) in [4.78, 5) is 17.5. The summed E-state index contributed by atoms with van der Waals surface area (Å²) in [5.41, 5.74) is 0. The number of hydrogen-bond donors (Lipinski definition) is 2. The molecular weight excluding hydrogens is 348 g/mol. The number of aryl methyl sites for hydroxylation is 1. The lowest BCUT2D eigenvalue weighted by molar-refractivity contribution is 0.227. The van der Waals surface area contributed by atoms with Crippen molar-refractivity contribution in [3.8, 4) is 0 Å². The molecule has 0 spiro atoms. The topological polar surface area (TPSA) is 91.4 Å². The monoisotopic (exact) mass is 374 g/mol. The van der Waals surface area contributed by atoms with Gasteiger partial charge in [0.05, 0.1) is 10.8 Å². The third kappa shape index (κ3) is 5.15. The fourth-order valence-electron chi connectivity index (χ4n) is 2.63. The molecule has 2 heterocycles. The van der Waals surface area contributed by atoms with Crippen LogP contribution in [0.3, 0.4) is 0 Å². The molecule has 0 aromatic carbocycles. The van der Waals surface area contributed by atoms with E-state index >= 15 is 0 Å². The number of piperidine rings is 1. The van der Waals surface area contributed by atoms with Crippen LogP contribution in [-0.4, -0.2) is 55.2 Å². The number of amides is 2. The Balaban J connectivity index is 1.72. The molecule has 1 aliphatic heterocycles. The van der Waals surface area contributed by atoms with Crippen LogP contribution in [-0.2, 0) is 10.0 Å². The lowest BCUT2D eigenvalue weighted by atomic mass is 10.1. The highest BCUT2D eigenvalue weighted by Crippen LogP contribution is 2.20. The highest BCUT2D eigenvalue weighted by atomic mass is 32.2. The summed E-state index contributed by atoms with van der Waals surface area (Å²) in [6.07, 6.45) is 3.14. The molecular formula is C15H26N4O3S2. The van der Waals surface area contributed by atoms with Gasteiger partial charge in [0, 0.05) is 42.7 Å². The molecule has 1 saturated heterocycles. The SMILES string of the molecule is CCS(=O)(=O)N1CCC(NC(=O)NCC(C)c2ncc(C)s2)CC1. The molecule has 1 aromatic rings. The van der Waals surface area contributed by atoms with Crippen molar-refractivity contribution in [2.45, 2.75) is 45.6 Å². The van der Waals surface area contributed by atoms with Crippen molar-refractivity contribution in [1.82, 2.24) is 19.9 Å². The van der Waals surface area contributed by atoms with Crippen LogP contribution in [0.4, 0.5) is 4.79 Å². The first-order valence-electron chi connectivity index (χ1n) is 8.26. The Bertz CT molecular complexity index is 651. The minimum Gasteiger partial charge on any atom is -0.337 e. The molecule has 0 radical (unpaired) electrons. The number of hydrogen-bond acceptors (Lipinski definition) is 5. The van der Waals surface area contributed by atoms with Crippen LogP contribution in [0.1, 0.15) is 42.5 Å². The van der Waals surface area contributed by atoms with Gasteiger partial charge in [0.15, 0.2) is 0 Å². The van der Waals surface area contributed by atoms with Crippen LogP contribution < -0.4 is 10.6 Å². The van der Waals surface area contributed by atoms with E-state index in [1.165, 1.54) is 4.31 Å². The number of urea groups is 1. The fraction of sp³-hybridized carbons (Fsp3) is 0.733. The van der Waals surface area contributed by atoms with E-state index in [0.29, 0.717) is 32.5 Å². The molecule has 1 aliphatic rings.